The molecule has 0 unspecified atom stereocenters. The Labute approximate surface area is 182 Å². The molecule has 0 bridgehead atoms. The molecule has 0 saturated carbocycles. The molecule has 0 fully saturated rings. The number of hydrogen-bond donors (Lipinski definition) is 1. The van der Waals surface area contributed by atoms with Crippen molar-refractivity contribution in [3.63, 3.8) is 0 Å². The van der Waals surface area contributed by atoms with Crippen molar-refractivity contribution in [1.29, 1.82) is 0 Å². The summed E-state index contributed by atoms with van der Waals surface area (Å²) in [7, 11) is 0. The van der Waals surface area contributed by atoms with E-state index >= 15 is 0 Å². The van der Waals surface area contributed by atoms with Crippen molar-refractivity contribution in [3.8, 4) is 0 Å². The van der Waals surface area contributed by atoms with E-state index in [1.807, 2.05) is 49.4 Å². The van der Waals surface area contributed by atoms with E-state index in [0.717, 1.165) is 16.9 Å². The van der Waals surface area contributed by atoms with Gasteiger partial charge in [-0.15, -0.1) is 0 Å². The van der Waals surface area contributed by atoms with Crippen molar-refractivity contribution in [2.24, 2.45) is 0 Å². The molecule has 0 aliphatic carbocycles. The van der Waals surface area contributed by atoms with Gasteiger partial charge in [-0.25, -0.2) is 0 Å². The summed E-state index contributed by atoms with van der Waals surface area (Å²) in [6, 6.07) is 13.5. The van der Waals surface area contributed by atoms with Gasteiger partial charge in [-0.3, -0.25) is 0 Å². The van der Waals surface area contributed by atoms with Gasteiger partial charge in [0.15, 0.2) is 0 Å². The first-order chi connectivity index (χ1) is 9.68. The van der Waals surface area contributed by atoms with Gasteiger partial charge in [0.1, 0.15) is 0 Å². The van der Waals surface area contributed by atoms with Crippen LogP contribution in [0.3, 0.4) is 0 Å². The molecule has 5 nitrogen and oxygen atoms in total. The predicted octanol–water partition coefficient (Wildman–Crippen LogP) is 0.502. The second-order valence-electron chi connectivity index (χ2n) is 3.91. The molecule has 0 spiro atoms. The van der Waals surface area contributed by atoms with Crippen molar-refractivity contribution >= 4 is 34.6 Å². The Kier molecular flexibility index (Phi) is 10.4. The van der Waals surface area contributed by atoms with Gasteiger partial charge < -0.3 is 5.32 Å². The molecule has 0 atom stereocenters. The summed E-state index contributed by atoms with van der Waals surface area (Å²) in [6.45, 7) is 2.03. The van der Waals surface area contributed by atoms with E-state index in [1.54, 1.807) is 0 Å². The molecule has 2 aromatic carbocycles. The zero-order valence-corrected chi connectivity index (χ0v) is 17.6. The molecule has 9 heteroatoms. The van der Waals surface area contributed by atoms with Crippen LogP contribution in [0.5, 0.6) is 0 Å². The van der Waals surface area contributed by atoms with Crippen LogP contribution in [-0.2, 0) is 24.5 Å². The van der Waals surface area contributed by atoms with Gasteiger partial charge in [0.25, 0.3) is 0 Å². The van der Waals surface area contributed by atoms with Crippen LogP contribution in [0.25, 0.3) is 0 Å². The molecule has 22 heavy (non-hydrogen) atoms. The summed E-state index contributed by atoms with van der Waals surface area (Å²) < 4.78 is 34.3. The van der Waals surface area contributed by atoms with Gasteiger partial charge in [-0.05, 0) is 30.7 Å². The summed E-state index contributed by atoms with van der Waals surface area (Å²) in [6.07, 6.45) is 0. The van der Waals surface area contributed by atoms with Crippen LogP contribution in [0, 0.1) is 6.92 Å². The minimum absolute atomic E-state index is 0. The number of aryl methyl sites for hydroxylation is 1. The Morgan fingerprint density at radius 1 is 0.955 bits per heavy atom. The summed E-state index contributed by atoms with van der Waals surface area (Å²) in [5, 5.41) is 4.49. The average Bonchev–Trinajstić information content (AvgIpc) is 2.34. The molecule has 114 valence electrons. The van der Waals surface area contributed by atoms with E-state index < -0.39 is 13.0 Å². The van der Waals surface area contributed by atoms with Gasteiger partial charge in [0, 0.05) is 5.69 Å². The normalized spacial score (nSPS) is 10.0. The van der Waals surface area contributed by atoms with Crippen LogP contribution in [0.2, 0.25) is 10.0 Å². The van der Waals surface area contributed by atoms with Gasteiger partial charge in [-0.1, -0.05) is 47.5 Å². The number of hydrogen-bond acceptors (Lipinski definition) is 5. The first kappa shape index (κ1) is 22.3. The van der Waals surface area contributed by atoms with E-state index in [0.29, 0.717) is 10.0 Å². The van der Waals surface area contributed by atoms with E-state index in [4.69, 9.17) is 38.9 Å². The molecule has 0 aliphatic rings. The van der Waals surface area contributed by atoms with Gasteiger partial charge in [-0.2, -0.15) is 0 Å². The maximum atomic E-state index is 8.58. The fourth-order valence-corrected chi connectivity index (χ4v) is 1.96. The number of para-hydroxylation sites is 2. The summed E-state index contributed by atoms with van der Waals surface area (Å²) in [5.41, 5.74) is 2.91. The molecular formula is C13H11Cl2KMnNO4. The van der Waals surface area contributed by atoms with E-state index in [-0.39, 0.29) is 51.4 Å². The van der Waals surface area contributed by atoms with Crippen LogP contribution in [0.1, 0.15) is 5.56 Å². The fourth-order valence-electron chi connectivity index (χ4n) is 1.47. The average molecular weight is 410 g/mol. The van der Waals surface area contributed by atoms with E-state index in [2.05, 4.69) is 5.32 Å². The third kappa shape index (κ3) is 8.83. The Morgan fingerprint density at radius 3 is 1.86 bits per heavy atom. The van der Waals surface area contributed by atoms with Crippen molar-refractivity contribution in [3.05, 3.63) is 58.1 Å². The number of rotatable bonds is 2. The molecule has 0 saturated heterocycles. The monoisotopic (exact) mass is 409 g/mol. The quantitative estimate of drug-likeness (QED) is 0.730. The standard InChI is InChI=1S/C13H11Cl2N.K.Mn.4O/c1-9-5-2-3-8-12(9)16-13-10(14)6-4-7-11(13)15;;;;;;/h2-8,16H,1H3;;;;;;/q;+1;;;;;-1. The Morgan fingerprint density at radius 2 is 1.41 bits per heavy atom. The second-order valence-corrected chi connectivity index (χ2v) is 5.91. The number of nitrogens with one attached hydrogen (secondary N) is 1. The zero-order chi connectivity index (χ0) is 16.0. The Bertz CT molecular complexity index is 758. The number of anilines is 2. The second kappa shape index (κ2) is 10.3. The van der Waals surface area contributed by atoms with Crippen LogP contribution in [-0.4, -0.2) is 0 Å². The first-order valence-corrected chi connectivity index (χ1v) is 8.25. The topological polar surface area (TPSA) is 86.3 Å². The summed E-state index contributed by atoms with van der Waals surface area (Å²) in [5.74, 6) is 0. The molecule has 0 heterocycles. The van der Waals surface area contributed by atoms with Crippen molar-refractivity contribution in [1.82, 2.24) is 0 Å². The molecular weight excluding hydrogens is 399 g/mol. The van der Waals surface area contributed by atoms with Gasteiger partial charge in [0.2, 0.25) is 0 Å². The van der Waals surface area contributed by atoms with Gasteiger partial charge in [0.05, 0.1) is 15.7 Å². The summed E-state index contributed by atoms with van der Waals surface area (Å²) in [4.78, 5) is 0. The summed E-state index contributed by atoms with van der Waals surface area (Å²) >= 11 is 6.54. The molecule has 0 aliphatic heterocycles. The molecule has 0 amide bonds. The molecule has 2 rings (SSSR count). The molecule has 2 aromatic rings. The van der Waals surface area contributed by atoms with Crippen molar-refractivity contribution in [2.45, 2.75) is 6.92 Å². The molecule has 0 radical (unpaired) electrons. The first-order valence-electron chi connectivity index (χ1n) is 5.57. The minimum atomic E-state index is -5.62. The van der Waals surface area contributed by atoms with E-state index in [9.17, 15) is 0 Å². The number of halogens is 2. The fraction of sp³-hybridized carbons (Fsp3) is 0.0769. The molecule has 0 aromatic heterocycles. The number of benzene rings is 2. The third-order valence-electron chi connectivity index (χ3n) is 2.37. The maximum absolute atomic E-state index is 8.58. The van der Waals surface area contributed by atoms with Crippen LogP contribution < -0.4 is 60.9 Å². The van der Waals surface area contributed by atoms with Crippen LogP contribution in [0.15, 0.2) is 42.5 Å². The van der Waals surface area contributed by atoms with Crippen LogP contribution in [0.4, 0.5) is 11.4 Å². The van der Waals surface area contributed by atoms with E-state index in [1.165, 1.54) is 0 Å². The SMILES string of the molecule is Cc1ccccc1Nc1c(Cl)cccc1Cl.[K+].[O]=[Mn](=[O])(=[O])[O-]. The molecule has 1 N–H and O–H groups in total. The van der Waals surface area contributed by atoms with Crippen molar-refractivity contribution < 1.29 is 80.0 Å². The third-order valence-corrected chi connectivity index (χ3v) is 3.00. The Hall–Kier alpha value is 0.336. The van der Waals surface area contributed by atoms with Gasteiger partial charge >= 0.3 is 80.0 Å². The Balaban J connectivity index is 0.000000644. The van der Waals surface area contributed by atoms with Crippen molar-refractivity contribution in [2.75, 3.05) is 5.32 Å². The van der Waals surface area contributed by atoms with Crippen LogP contribution >= 0.6 is 23.2 Å². The zero-order valence-electron chi connectivity index (χ0n) is 11.8. The predicted molar refractivity (Wildman–Crippen MR) is 73.0 cm³/mol.